The molecule has 0 spiro atoms. The Morgan fingerprint density at radius 1 is 1.10 bits per heavy atom. The van der Waals surface area contributed by atoms with Crippen molar-refractivity contribution in [1.29, 1.82) is 0 Å². The summed E-state index contributed by atoms with van der Waals surface area (Å²) in [6.07, 6.45) is 1.68. The normalized spacial score (nSPS) is 13.8. The van der Waals surface area contributed by atoms with Gasteiger partial charge in [-0.25, -0.2) is 0 Å². The van der Waals surface area contributed by atoms with Crippen molar-refractivity contribution in [3.05, 3.63) is 57.3 Å². The number of carbonyl (C=O) groups is 2. The van der Waals surface area contributed by atoms with E-state index >= 15 is 0 Å². The highest BCUT2D eigenvalue weighted by Crippen LogP contribution is 2.35. The van der Waals surface area contributed by atoms with Gasteiger partial charge in [-0.2, -0.15) is 0 Å². The Morgan fingerprint density at radius 3 is 2.48 bits per heavy atom. The first kappa shape index (κ1) is 13.9. The lowest BCUT2D eigenvalue weighted by Gasteiger charge is -2.18. The van der Waals surface area contributed by atoms with E-state index in [1.165, 1.54) is 4.90 Å². The van der Waals surface area contributed by atoms with Crippen molar-refractivity contribution >= 4 is 33.3 Å². The summed E-state index contributed by atoms with van der Waals surface area (Å²) >= 11 is 3.33. The average molecular weight is 345 g/mol. The molecule has 0 bridgehead atoms. The molecule has 0 atom stereocenters. The van der Waals surface area contributed by atoms with Gasteiger partial charge in [-0.05, 0) is 53.0 Å². The molecule has 1 aliphatic rings. The fourth-order valence-electron chi connectivity index (χ4n) is 2.57. The summed E-state index contributed by atoms with van der Waals surface area (Å²) in [4.78, 5) is 30.3. The first-order chi connectivity index (χ1) is 9.99. The smallest absolute Gasteiger partial charge is 0.298 e. The molecule has 21 heavy (non-hydrogen) atoms. The second-order valence-corrected chi connectivity index (χ2v) is 6.03. The lowest BCUT2D eigenvalue weighted by molar-refractivity contribution is -0.114. The standard InChI is InChI=1S/C16H13BrN2O2/c1-9-3-4-10(2)14-13(9)15(20)16(21)19(14)8-12-6-5-11(17)7-18-12/h3-7H,8H2,1-2H3. The molecule has 1 aromatic heterocycles. The maximum absolute atomic E-state index is 12.3. The number of carbonyl (C=O) groups excluding carboxylic acids is 2. The molecule has 0 saturated carbocycles. The molecule has 0 fully saturated rings. The summed E-state index contributed by atoms with van der Waals surface area (Å²) in [5.74, 6) is -0.907. The van der Waals surface area contributed by atoms with Crippen LogP contribution in [0.5, 0.6) is 0 Å². The first-order valence-electron chi connectivity index (χ1n) is 6.56. The lowest BCUT2D eigenvalue weighted by Crippen LogP contribution is -2.29. The Labute approximate surface area is 130 Å². The molecule has 1 aliphatic heterocycles. The number of hydrogen-bond donors (Lipinski definition) is 0. The van der Waals surface area contributed by atoms with Crippen molar-refractivity contribution in [3.63, 3.8) is 0 Å². The van der Waals surface area contributed by atoms with Crippen LogP contribution < -0.4 is 4.90 Å². The monoisotopic (exact) mass is 344 g/mol. The molecule has 3 rings (SSSR count). The van der Waals surface area contributed by atoms with Crippen LogP contribution >= 0.6 is 15.9 Å². The molecule has 0 saturated heterocycles. The third kappa shape index (κ3) is 2.27. The minimum absolute atomic E-state index is 0.301. The highest BCUT2D eigenvalue weighted by molar-refractivity contribution is 9.10. The summed E-state index contributed by atoms with van der Waals surface area (Å²) in [5.41, 5.74) is 3.74. The molecule has 2 heterocycles. The number of pyridine rings is 1. The second-order valence-electron chi connectivity index (χ2n) is 5.11. The van der Waals surface area contributed by atoms with Crippen LogP contribution in [0.3, 0.4) is 0 Å². The van der Waals surface area contributed by atoms with Crippen LogP contribution in [-0.4, -0.2) is 16.7 Å². The Morgan fingerprint density at radius 2 is 1.81 bits per heavy atom. The van der Waals surface area contributed by atoms with Crippen molar-refractivity contribution in [2.45, 2.75) is 20.4 Å². The van der Waals surface area contributed by atoms with Crippen LogP contribution in [0.4, 0.5) is 5.69 Å². The van der Waals surface area contributed by atoms with E-state index in [0.29, 0.717) is 12.1 Å². The molecule has 0 aliphatic carbocycles. The van der Waals surface area contributed by atoms with E-state index in [2.05, 4.69) is 20.9 Å². The third-order valence-electron chi connectivity index (χ3n) is 3.63. The van der Waals surface area contributed by atoms with Gasteiger partial charge in [-0.15, -0.1) is 0 Å². The van der Waals surface area contributed by atoms with Gasteiger partial charge in [0, 0.05) is 10.7 Å². The number of aromatic nitrogens is 1. The molecule has 1 aromatic carbocycles. The van der Waals surface area contributed by atoms with Crippen LogP contribution in [0, 0.1) is 13.8 Å². The molecular weight excluding hydrogens is 332 g/mol. The maximum Gasteiger partial charge on any atom is 0.299 e. The molecular formula is C16H13BrN2O2. The van der Waals surface area contributed by atoms with Crippen LogP contribution in [0.25, 0.3) is 0 Å². The van der Waals surface area contributed by atoms with E-state index in [-0.39, 0.29) is 0 Å². The number of aryl methyl sites for hydroxylation is 2. The summed E-state index contributed by atoms with van der Waals surface area (Å²) < 4.78 is 0.877. The number of ketones is 1. The van der Waals surface area contributed by atoms with Crippen molar-refractivity contribution in [2.24, 2.45) is 0 Å². The van der Waals surface area contributed by atoms with Gasteiger partial charge in [-0.3, -0.25) is 19.5 Å². The number of amides is 1. The van der Waals surface area contributed by atoms with E-state index in [0.717, 1.165) is 27.0 Å². The van der Waals surface area contributed by atoms with Gasteiger partial charge in [0.1, 0.15) is 0 Å². The Kier molecular flexibility index (Phi) is 3.37. The quantitative estimate of drug-likeness (QED) is 0.786. The minimum atomic E-state index is -0.480. The lowest BCUT2D eigenvalue weighted by atomic mass is 10.0. The average Bonchev–Trinajstić information content (AvgIpc) is 2.71. The molecule has 1 amide bonds. The van der Waals surface area contributed by atoms with Gasteiger partial charge < -0.3 is 0 Å². The zero-order valence-corrected chi connectivity index (χ0v) is 13.3. The van der Waals surface area contributed by atoms with Crippen LogP contribution in [-0.2, 0) is 11.3 Å². The Bertz CT molecular complexity index is 754. The number of hydrogen-bond acceptors (Lipinski definition) is 3. The molecule has 0 unspecified atom stereocenters. The predicted molar refractivity (Wildman–Crippen MR) is 83.4 cm³/mol. The Balaban J connectivity index is 2.05. The van der Waals surface area contributed by atoms with Gasteiger partial charge in [0.15, 0.2) is 0 Å². The van der Waals surface area contributed by atoms with Crippen molar-refractivity contribution < 1.29 is 9.59 Å². The third-order valence-corrected chi connectivity index (χ3v) is 4.10. The minimum Gasteiger partial charge on any atom is -0.298 e. The van der Waals surface area contributed by atoms with Crippen LogP contribution in [0.1, 0.15) is 27.2 Å². The summed E-state index contributed by atoms with van der Waals surface area (Å²) in [6, 6.07) is 7.52. The van der Waals surface area contributed by atoms with Crippen LogP contribution in [0.15, 0.2) is 34.9 Å². The van der Waals surface area contributed by atoms with Gasteiger partial charge in [-0.1, -0.05) is 12.1 Å². The topological polar surface area (TPSA) is 50.3 Å². The van der Waals surface area contributed by atoms with Gasteiger partial charge in [0.25, 0.3) is 11.7 Å². The SMILES string of the molecule is Cc1ccc(C)c2c1C(=O)C(=O)N2Cc1ccc(Br)cn1. The fourth-order valence-corrected chi connectivity index (χ4v) is 2.81. The van der Waals surface area contributed by atoms with E-state index in [9.17, 15) is 9.59 Å². The van der Waals surface area contributed by atoms with E-state index < -0.39 is 11.7 Å². The number of rotatable bonds is 2. The van der Waals surface area contributed by atoms with E-state index in [4.69, 9.17) is 0 Å². The number of anilines is 1. The zero-order chi connectivity index (χ0) is 15.1. The molecule has 5 heteroatoms. The molecule has 4 nitrogen and oxygen atoms in total. The fraction of sp³-hybridized carbons (Fsp3) is 0.188. The number of fused-ring (bicyclic) bond motifs is 1. The predicted octanol–water partition coefficient (Wildman–Crippen LogP) is 3.19. The second kappa shape index (κ2) is 5.07. The molecule has 2 aromatic rings. The number of halogens is 1. The summed E-state index contributed by atoms with van der Waals surface area (Å²) in [7, 11) is 0. The molecule has 106 valence electrons. The number of Topliss-reactive ketones (excluding diaryl/α,β-unsaturated/α-hetero) is 1. The number of benzene rings is 1. The number of nitrogens with zero attached hydrogens (tertiary/aromatic N) is 2. The summed E-state index contributed by atoms with van der Waals surface area (Å²) in [5, 5.41) is 0. The van der Waals surface area contributed by atoms with Gasteiger partial charge in [0.2, 0.25) is 0 Å². The largest absolute Gasteiger partial charge is 0.299 e. The van der Waals surface area contributed by atoms with E-state index in [1.807, 2.05) is 38.1 Å². The highest BCUT2D eigenvalue weighted by Gasteiger charge is 2.38. The summed E-state index contributed by atoms with van der Waals surface area (Å²) in [6.45, 7) is 4.06. The maximum atomic E-state index is 12.3. The molecule has 0 N–H and O–H groups in total. The Hall–Kier alpha value is -2.01. The zero-order valence-electron chi connectivity index (χ0n) is 11.7. The first-order valence-corrected chi connectivity index (χ1v) is 7.35. The van der Waals surface area contributed by atoms with Crippen LogP contribution in [0.2, 0.25) is 0 Å². The van der Waals surface area contributed by atoms with E-state index in [1.54, 1.807) is 6.20 Å². The highest BCUT2D eigenvalue weighted by atomic mass is 79.9. The van der Waals surface area contributed by atoms with Crippen molar-refractivity contribution in [2.75, 3.05) is 4.90 Å². The van der Waals surface area contributed by atoms with Crippen molar-refractivity contribution in [3.8, 4) is 0 Å². The molecule has 0 radical (unpaired) electrons. The van der Waals surface area contributed by atoms with Gasteiger partial charge in [0.05, 0.1) is 23.5 Å². The van der Waals surface area contributed by atoms with Gasteiger partial charge >= 0.3 is 0 Å². The van der Waals surface area contributed by atoms with Crippen molar-refractivity contribution in [1.82, 2.24) is 4.98 Å².